The molecule has 1 aromatic heterocycles. The van der Waals surface area contributed by atoms with Crippen LogP contribution in [0.15, 0.2) is 91.1 Å². The Morgan fingerprint density at radius 3 is 2.25 bits per heavy atom. The predicted octanol–water partition coefficient (Wildman–Crippen LogP) is 5.03. The van der Waals surface area contributed by atoms with Crippen molar-refractivity contribution in [1.82, 2.24) is 9.78 Å². The molecule has 0 aliphatic carbocycles. The van der Waals surface area contributed by atoms with E-state index < -0.39 is 0 Å². The Kier molecular flexibility index (Phi) is 3.87. The number of amides is 1. The van der Waals surface area contributed by atoms with Crippen LogP contribution in [0.5, 0.6) is 0 Å². The van der Waals surface area contributed by atoms with Gasteiger partial charge >= 0.3 is 0 Å². The highest BCUT2D eigenvalue weighted by Crippen LogP contribution is 2.34. The molecule has 4 aromatic rings. The SMILES string of the molecule is O=C1Nc2ccccc2C1=Cc1nn(-c2ccccc2)cc1-c1ccccc1. The summed E-state index contributed by atoms with van der Waals surface area (Å²) >= 11 is 0. The molecule has 0 fully saturated rings. The number of nitrogens with one attached hydrogen (secondary N) is 1. The van der Waals surface area contributed by atoms with E-state index in [-0.39, 0.29) is 5.91 Å². The summed E-state index contributed by atoms with van der Waals surface area (Å²) in [6.07, 6.45) is 3.89. The maximum Gasteiger partial charge on any atom is 0.256 e. The number of hydrogen-bond donors (Lipinski definition) is 1. The molecule has 0 atom stereocenters. The number of carbonyl (C=O) groups excluding carboxylic acids is 1. The van der Waals surface area contributed by atoms with Gasteiger partial charge in [0.1, 0.15) is 0 Å². The number of hydrogen-bond acceptors (Lipinski definition) is 2. The molecule has 3 aromatic carbocycles. The van der Waals surface area contributed by atoms with Crippen molar-refractivity contribution in [1.29, 1.82) is 0 Å². The van der Waals surface area contributed by atoms with Crippen LogP contribution >= 0.6 is 0 Å². The summed E-state index contributed by atoms with van der Waals surface area (Å²) in [4.78, 5) is 12.5. The van der Waals surface area contributed by atoms with E-state index in [1.54, 1.807) is 0 Å². The van der Waals surface area contributed by atoms with Gasteiger partial charge in [0.2, 0.25) is 0 Å². The van der Waals surface area contributed by atoms with Crippen molar-refractivity contribution in [2.75, 3.05) is 5.32 Å². The minimum absolute atomic E-state index is 0.102. The second-order valence-electron chi connectivity index (χ2n) is 6.63. The number of para-hydroxylation sites is 2. The molecule has 0 bridgehead atoms. The average Bonchev–Trinajstić information content (AvgIpc) is 3.31. The first kappa shape index (κ1) is 16.3. The van der Waals surface area contributed by atoms with E-state index >= 15 is 0 Å². The maximum absolute atomic E-state index is 12.5. The van der Waals surface area contributed by atoms with E-state index in [0.717, 1.165) is 33.8 Å². The Morgan fingerprint density at radius 2 is 1.46 bits per heavy atom. The zero-order valence-corrected chi connectivity index (χ0v) is 15.0. The number of aromatic nitrogens is 2. The molecule has 1 aliphatic heterocycles. The molecule has 4 heteroatoms. The first-order valence-corrected chi connectivity index (χ1v) is 9.12. The number of fused-ring (bicyclic) bond motifs is 1. The Hall–Kier alpha value is -3.92. The standard InChI is InChI=1S/C24H17N3O/c28-24-20(19-13-7-8-14-22(19)25-24)15-23-21(17-9-3-1-4-10-17)16-27(26-23)18-11-5-2-6-12-18/h1-16H,(H,25,28). The number of benzene rings is 3. The molecule has 1 aliphatic rings. The fourth-order valence-corrected chi connectivity index (χ4v) is 3.47. The van der Waals surface area contributed by atoms with E-state index in [1.807, 2.05) is 89.8 Å². The summed E-state index contributed by atoms with van der Waals surface area (Å²) in [5.74, 6) is -0.102. The molecule has 4 nitrogen and oxygen atoms in total. The van der Waals surface area contributed by atoms with Crippen LogP contribution < -0.4 is 5.32 Å². The normalized spacial score (nSPS) is 14.1. The van der Waals surface area contributed by atoms with Crippen molar-refractivity contribution in [2.45, 2.75) is 0 Å². The summed E-state index contributed by atoms with van der Waals surface area (Å²) in [7, 11) is 0. The lowest BCUT2D eigenvalue weighted by atomic mass is 10.0. The molecule has 0 radical (unpaired) electrons. The lowest BCUT2D eigenvalue weighted by Crippen LogP contribution is -2.03. The van der Waals surface area contributed by atoms with Gasteiger partial charge in [-0.3, -0.25) is 4.79 Å². The van der Waals surface area contributed by atoms with Gasteiger partial charge in [0.25, 0.3) is 5.91 Å². The quantitative estimate of drug-likeness (QED) is 0.519. The van der Waals surface area contributed by atoms with Gasteiger partial charge in [-0.05, 0) is 29.8 Å². The Labute approximate surface area is 162 Å². The minimum atomic E-state index is -0.102. The third-order valence-corrected chi connectivity index (χ3v) is 4.84. The van der Waals surface area contributed by atoms with Crippen LogP contribution in [0, 0.1) is 0 Å². The first-order valence-electron chi connectivity index (χ1n) is 9.12. The van der Waals surface area contributed by atoms with Crippen molar-refractivity contribution in [3.05, 3.63) is 102 Å². The van der Waals surface area contributed by atoms with Crippen LogP contribution in [-0.4, -0.2) is 15.7 Å². The highest BCUT2D eigenvalue weighted by molar-refractivity contribution is 6.35. The highest BCUT2D eigenvalue weighted by Gasteiger charge is 2.24. The topological polar surface area (TPSA) is 46.9 Å². The molecular formula is C24H17N3O. The Balaban J connectivity index is 1.69. The van der Waals surface area contributed by atoms with Crippen molar-refractivity contribution in [3.63, 3.8) is 0 Å². The van der Waals surface area contributed by atoms with Crippen molar-refractivity contribution in [3.8, 4) is 16.8 Å². The van der Waals surface area contributed by atoms with Gasteiger partial charge in [0, 0.05) is 23.0 Å². The summed E-state index contributed by atoms with van der Waals surface area (Å²) in [6.45, 7) is 0. The molecule has 0 saturated heterocycles. The van der Waals surface area contributed by atoms with E-state index in [1.165, 1.54) is 0 Å². The van der Waals surface area contributed by atoms with Crippen molar-refractivity contribution >= 4 is 23.2 Å². The van der Waals surface area contributed by atoms with E-state index in [0.29, 0.717) is 5.57 Å². The number of carbonyl (C=O) groups is 1. The second-order valence-corrected chi connectivity index (χ2v) is 6.63. The van der Waals surface area contributed by atoms with Gasteiger partial charge in [0.15, 0.2) is 0 Å². The molecule has 5 rings (SSSR count). The van der Waals surface area contributed by atoms with Gasteiger partial charge < -0.3 is 5.32 Å². The van der Waals surface area contributed by atoms with Gasteiger partial charge in [0.05, 0.1) is 17.0 Å². The van der Waals surface area contributed by atoms with E-state index in [9.17, 15) is 4.79 Å². The highest BCUT2D eigenvalue weighted by atomic mass is 16.2. The van der Waals surface area contributed by atoms with Crippen LogP contribution in [-0.2, 0) is 4.79 Å². The van der Waals surface area contributed by atoms with Gasteiger partial charge in [-0.15, -0.1) is 0 Å². The van der Waals surface area contributed by atoms with Gasteiger partial charge in [-0.25, -0.2) is 4.68 Å². The Bertz CT molecular complexity index is 1190. The smallest absolute Gasteiger partial charge is 0.256 e. The lowest BCUT2D eigenvalue weighted by Gasteiger charge is -2.00. The Morgan fingerprint density at radius 1 is 0.786 bits per heavy atom. The van der Waals surface area contributed by atoms with E-state index in [4.69, 9.17) is 5.10 Å². The third kappa shape index (κ3) is 2.81. The fourth-order valence-electron chi connectivity index (χ4n) is 3.47. The van der Waals surface area contributed by atoms with Crippen molar-refractivity contribution < 1.29 is 4.79 Å². The second kappa shape index (κ2) is 6.67. The minimum Gasteiger partial charge on any atom is -0.321 e. The van der Waals surface area contributed by atoms with Crippen LogP contribution in [0.1, 0.15) is 11.3 Å². The molecule has 0 spiro atoms. The number of anilines is 1. The molecular weight excluding hydrogens is 346 g/mol. The zero-order valence-electron chi connectivity index (χ0n) is 15.0. The molecule has 134 valence electrons. The van der Waals surface area contributed by atoms with Gasteiger partial charge in [-0.1, -0.05) is 66.7 Å². The lowest BCUT2D eigenvalue weighted by molar-refractivity contribution is -0.110. The summed E-state index contributed by atoms with van der Waals surface area (Å²) in [5.41, 5.74) is 6.14. The van der Waals surface area contributed by atoms with Gasteiger partial charge in [-0.2, -0.15) is 5.10 Å². The molecule has 2 heterocycles. The summed E-state index contributed by atoms with van der Waals surface area (Å²) in [6, 6.07) is 27.8. The van der Waals surface area contributed by atoms with Crippen LogP contribution in [0.25, 0.3) is 28.5 Å². The number of nitrogens with zero attached hydrogens (tertiary/aromatic N) is 2. The predicted molar refractivity (Wildman–Crippen MR) is 112 cm³/mol. The largest absolute Gasteiger partial charge is 0.321 e. The van der Waals surface area contributed by atoms with Crippen molar-refractivity contribution in [2.24, 2.45) is 0 Å². The maximum atomic E-state index is 12.5. The van der Waals surface area contributed by atoms with Crippen LogP contribution in [0.2, 0.25) is 0 Å². The molecule has 1 amide bonds. The van der Waals surface area contributed by atoms with Crippen LogP contribution in [0.4, 0.5) is 5.69 Å². The fraction of sp³-hybridized carbons (Fsp3) is 0. The van der Waals surface area contributed by atoms with E-state index in [2.05, 4.69) is 17.4 Å². The first-order chi connectivity index (χ1) is 13.8. The molecule has 1 N–H and O–H groups in total. The molecule has 0 saturated carbocycles. The average molecular weight is 363 g/mol. The third-order valence-electron chi connectivity index (χ3n) is 4.84. The molecule has 0 unspecified atom stereocenters. The summed E-state index contributed by atoms with van der Waals surface area (Å²) in [5, 5.41) is 7.71. The summed E-state index contributed by atoms with van der Waals surface area (Å²) < 4.78 is 1.85. The zero-order chi connectivity index (χ0) is 18.9. The monoisotopic (exact) mass is 363 g/mol. The number of rotatable bonds is 3. The molecule has 28 heavy (non-hydrogen) atoms. The van der Waals surface area contributed by atoms with Crippen LogP contribution in [0.3, 0.4) is 0 Å².